The van der Waals surface area contributed by atoms with Crippen LogP contribution in [0.25, 0.3) is 17.1 Å². The number of benzene rings is 2. The highest BCUT2D eigenvalue weighted by Gasteiger charge is 2.06. The highest BCUT2D eigenvalue weighted by Crippen LogP contribution is 2.23. The molecule has 136 valence electrons. The summed E-state index contributed by atoms with van der Waals surface area (Å²) in [4.78, 5) is 25.1. The van der Waals surface area contributed by atoms with Gasteiger partial charge in [-0.05, 0) is 66.7 Å². The molecule has 2 heterocycles. The van der Waals surface area contributed by atoms with E-state index in [2.05, 4.69) is 15.0 Å². The Kier molecular flexibility index (Phi) is 5.08. The Hall–Kier alpha value is -3.57. The van der Waals surface area contributed by atoms with Crippen LogP contribution in [0.5, 0.6) is 11.6 Å². The Morgan fingerprint density at radius 2 is 1.82 bits per heavy atom. The summed E-state index contributed by atoms with van der Waals surface area (Å²) in [7, 11) is 0. The lowest BCUT2D eigenvalue weighted by atomic mass is 10.1. The zero-order valence-electron chi connectivity index (χ0n) is 14.6. The first-order valence-corrected chi connectivity index (χ1v) is 8.89. The van der Waals surface area contributed by atoms with E-state index in [-0.39, 0.29) is 5.78 Å². The molecule has 0 atom stereocenters. The molecule has 0 saturated carbocycles. The Labute approximate surface area is 166 Å². The predicted molar refractivity (Wildman–Crippen MR) is 109 cm³/mol. The Balaban J connectivity index is 1.46. The fourth-order valence-corrected chi connectivity index (χ4v) is 2.72. The molecule has 4 aromatic rings. The molecular weight excluding hydrogens is 374 g/mol. The van der Waals surface area contributed by atoms with Gasteiger partial charge in [0.2, 0.25) is 5.88 Å². The molecule has 0 radical (unpaired) electrons. The van der Waals surface area contributed by atoms with Crippen molar-refractivity contribution in [2.75, 3.05) is 0 Å². The summed E-state index contributed by atoms with van der Waals surface area (Å²) in [6.45, 7) is 0. The number of allylic oxidation sites excluding steroid dienone is 1. The van der Waals surface area contributed by atoms with E-state index in [0.29, 0.717) is 33.2 Å². The van der Waals surface area contributed by atoms with Crippen LogP contribution in [0.15, 0.2) is 79.1 Å². The average Bonchev–Trinajstić information content (AvgIpc) is 2.73. The van der Waals surface area contributed by atoms with Crippen LogP contribution in [0.3, 0.4) is 0 Å². The van der Waals surface area contributed by atoms with Gasteiger partial charge in [-0.1, -0.05) is 17.7 Å². The molecular formula is C22H14ClN3O2. The number of fused-ring (bicyclic) bond motifs is 1. The van der Waals surface area contributed by atoms with Gasteiger partial charge in [0.15, 0.2) is 5.78 Å². The number of pyridine rings is 1. The molecule has 0 bridgehead atoms. The number of ketones is 1. The summed E-state index contributed by atoms with van der Waals surface area (Å²) in [5.74, 6) is 0.816. The molecule has 0 fully saturated rings. The molecule has 0 aliphatic rings. The van der Waals surface area contributed by atoms with Gasteiger partial charge in [0.1, 0.15) is 5.75 Å². The monoisotopic (exact) mass is 387 g/mol. The maximum absolute atomic E-state index is 12.3. The lowest BCUT2D eigenvalue weighted by molar-refractivity contribution is 0.104. The standard InChI is InChI=1S/C22H14ClN3O2/c23-16-6-10-19-20(13-16)25-14-22(26-19)28-18-8-4-15(5-9-18)21(27)11-7-17-3-1-2-12-24-17/h1-14H/b11-7+. The van der Waals surface area contributed by atoms with Gasteiger partial charge in [-0.3, -0.25) is 9.78 Å². The van der Waals surface area contributed by atoms with Gasteiger partial charge in [-0.25, -0.2) is 9.97 Å². The number of rotatable bonds is 5. The van der Waals surface area contributed by atoms with Crippen molar-refractivity contribution < 1.29 is 9.53 Å². The zero-order valence-corrected chi connectivity index (χ0v) is 15.4. The smallest absolute Gasteiger partial charge is 0.238 e. The zero-order chi connectivity index (χ0) is 19.3. The Bertz CT molecular complexity index is 1160. The molecule has 2 aromatic heterocycles. The normalized spacial score (nSPS) is 11.0. The molecule has 0 N–H and O–H groups in total. The minimum atomic E-state index is -0.112. The molecule has 0 aliphatic carbocycles. The number of hydrogen-bond acceptors (Lipinski definition) is 5. The first kappa shape index (κ1) is 17.8. The second-order valence-electron chi connectivity index (χ2n) is 5.92. The van der Waals surface area contributed by atoms with Crippen LogP contribution in [0.1, 0.15) is 16.1 Å². The van der Waals surface area contributed by atoms with Gasteiger partial charge in [-0.2, -0.15) is 0 Å². The quantitative estimate of drug-likeness (QED) is 0.340. The maximum atomic E-state index is 12.3. The van der Waals surface area contributed by atoms with Gasteiger partial charge >= 0.3 is 0 Å². The molecule has 0 amide bonds. The molecule has 4 rings (SSSR count). The van der Waals surface area contributed by atoms with Crippen LogP contribution in [0, 0.1) is 0 Å². The number of nitrogens with zero attached hydrogens (tertiary/aromatic N) is 3. The summed E-state index contributed by atoms with van der Waals surface area (Å²) in [6.07, 6.45) is 6.40. The third-order valence-corrected chi connectivity index (χ3v) is 4.17. The highest BCUT2D eigenvalue weighted by molar-refractivity contribution is 6.31. The van der Waals surface area contributed by atoms with Crippen molar-refractivity contribution in [3.8, 4) is 11.6 Å². The van der Waals surface area contributed by atoms with Crippen LogP contribution in [-0.2, 0) is 0 Å². The molecule has 6 heteroatoms. The maximum Gasteiger partial charge on any atom is 0.238 e. The number of carbonyl (C=O) groups is 1. The van der Waals surface area contributed by atoms with Gasteiger partial charge in [0.25, 0.3) is 0 Å². The first-order valence-electron chi connectivity index (χ1n) is 8.51. The minimum absolute atomic E-state index is 0.112. The molecule has 5 nitrogen and oxygen atoms in total. The van der Waals surface area contributed by atoms with Crippen LogP contribution >= 0.6 is 11.6 Å². The Morgan fingerprint density at radius 1 is 0.964 bits per heavy atom. The van der Waals surface area contributed by atoms with Crippen molar-refractivity contribution >= 4 is 34.5 Å². The number of hydrogen-bond donors (Lipinski definition) is 0. The topological polar surface area (TPSA) is 65.0 Å². The van der Waals surface area contributed by atoms with Gasteiger partial charge < -0.3 is 4.74 Å². The highest BCUT2D eigenvalue weighted by atomic mass is 35.5. The van der Waals surface area contributed by atoms with E-state index in [4.69, 9.17) is 16.3 Å². The molecule has 28 heavy (non-hydrogen) atoms. The summed E-state index contributed by atoms with van der Waals surface area (Å²) in [5.41, 5.74) is 2.67. The van der Waals surface area contributed by atoms with E-state index in [1.54, 1.807) is 54.7 Å². The van der Waals surface area contributed by atoms with E-state index in [1.807, 2.05) is 18.2 Å². The van der Waals surface area contributed by atoms with Gasteiger partial charge in [0.05, 0.1) is 22.9 Å². The second kappa shape index (κ2) is 7.98. The number of ether oxygens (including phenoxy) is 1. The summed E-state index contributed by atoms with van der Waals surface area (Å²) < 4.78 is 5.73. The van der Waals surface area contributed by atoms with E-state index < -0.39 is 0 Å². The molecule has 0 saturated heterocycles. The SMILES string of the molecule is O=C(/C=C/c1ccccn1)c1ccc(Oc2cnc3cc(Cl)ccc3n2)cc1. The predicted octanol–water partition coefficient (Wildman–Crippen LogP) is 5.37. The third-order valence-electron chi connectivity index (χ3n) is 3.94. The van der Waals surface area contributed by atoms with Crippen molar-refractivity contribution in [2.24, 2.45) is 0 Å². The third kappa shape index (κ3) is 4.22. The summed E-state index contributed by atoms with van der Waals surface area (Å²) in [5, 5.41) is 0.604. The van der Waals surface area contributed by atoms with Crippen molar-refractivity contribution in [3.05, 3.63) is 95.4 Å². The molecule has 2 aromatic carbocycles. The fourth-order valence-electron chi connectivity index (χ4n) is 2.56. The summed E-state index contributed by atoms with van der Waals surface area (Å²) in [6, 6.07) is 17.6. The number of carbonyl (C=O) groups excluding carboxylic acids is 1. The van der Waals surface area contributed by atoms with Crippen LogP contribution in [0.2, 0.25) is 5.02 Å². The van der Waals surface area contributed by atoms with Crippen LogP contribution < -0.4 is 4.74 Å². The van der Waals surface area contributed by atoms with Gasteiger partial charge in [-0.15, -0.1) is 0 Å². The lowest BCUT2D eigenvalue weighted by Crippen LogP contribution is -1.95. The van der Waals surface area contributed by atoms with Crippen molar-refractivity contribution in [3.63, 3.8) is 0 Å². The molecule has 0 unspecified atom stereocenters. The molecule has 0 aliphatic heterocycles. The van der Waals surface area contributed by atoms with Crippen molar-refractivity contribution in [1.82, 2.24) is 15.0 Å². The van der Waals surface area contributed by atoms with Crippen LogP contribution in [-0.4, -0.2) is 20.7 Å². The van der Waals surface area contributed by atoms with Crippen molar-refractivity contribution in [2.45, 2.75) is 0 Å². The molecule has 0 spiro atoms. The fraction of sp³-hybridized carbons (Fsp3) is 0. The number of halogens is 1. The first-order chi connectivity index (χ1) is 13.7. The van der Waals surface area contributed by atoms with Gasteiger partial charge in [0, 0.05) is 16.8 Å². The lowest BCUT2D eigenvalue weighted by Gasteiger charge is -2.06. The van der Waals surface area contributed by atoms with E-state index in [9.17, 15) is 4.79 Å². The van der Waals surface area contributed by atoms with E-state index >= 15 is 0 Å². The average molecular weight is 388 g/mol. The number of aromatic nitrogens is 3. The second-order valence-corrected chi connectivity index (χ2v) is 6.36. The van der Waals surface area contributed by atoms with Crippen molar-refractivity contribution in [1.29, 1.82) is 0 Å². The largest absolute Gasteiger partial charge is 0.437 e. The van der Waals surface area contributed by atoms with E-state index in [1.165, 1.54) is 12.3 Å². The Morgan fingerprint density at radius 3 is 2.61 bits per heavy atom. The summed E-state index contributed by atoms with van der Waals surface area (Å²) >= 11 is 5.95. The van der Waals surface area contributed by atoms with E-state index in [0.717, 1.165) is 5.69 Å². The minimum Gasteiger partial charge on any atom is -0.437 e. The van der Waals surface area contributed by atoms with Crippen LogP contribution in [0.4, 0.5) is 0 Å².